The third kappa shape index (κ3) is 2.35. The molecule has 3 N–H and O–H groups in total. The Balaban J connectivity index is 2.85. The minimum atomic E-state index is -1.10. The number of amides is 1. The molecule has 1 amide bonds. The summed E-state index contributed by atoms with van der Waals surface area (Å²) >= 11 is 0. The van der Waals surface area contributed by atoms with Crippen molar-refractivity contribution in [3.63, 3.8) is 0 Å². The van der Waals surface area contributed by atoms with E-state index in [2.05, 4.69) is 0 Å². The Kier molecular flexibility index (Phi) is 2.91. The van der Waals surface area contributed by atoms with Crippen LogP contribution in [0, 0.1) is 5.82 Å². The predicted molar refractivity (Wildman–Crippen MR) is 50.3 cm³/mol. The fraction of sp³-hybridized carbons (Fsp3) is 0.222. The van der Waals surface area contributed by atoms with Crippen molar-refractivity contribution in [1.82, 2.24) is 4.90 Å². The van der Waals surface area contributed by atoms with Crippen molar-refractivity contribution < 1.29 is 14.3 Å². The van der Waals surface area contributed by atoms with Crippen molar-refractivity contribution in [2.45, 2.75) is 6.54 Å². The SMILES string of the molecule is CN(Cc1cc(N)ccc1F)C(=O)O. The van der Waals surface area contributed by atoms with Crippen molar-refractivity contribution in [1.29, 1.82) is 0 Å². The normalized spacial score (nSPS) is 9.86. The number of rotatable bonds is 2. The molecule has 5 heteroatoms. The van der Waals surface area contributed by atoms with Gasteiger partial charge in [-0.2, -0.15) is 0 Å². The number of nitrogens with two attached hydrogens (primary N) is 1. The van der Waals surface area contributed by atoms with Crippen molar-refractivity contribution in [2.75, 3.05) is 12.8 Å². The zero-order valence-corrected chi connectivity index (χ0v) is 7.70. The van der Waals surface area contributed by atoms with Crippen LogP contribution in [0.15, 0.2) is 18.2 Å². The fourth-order valence-electron chi connectivity index (χ4n) is 1.04. The van der Waals surface area contributed by atoms with E-state index < -0.39 is 11.9 Å². The summed E-state index contributed by atoms with van der Waals surface area (Å²) < 4.78 is 13.1. The van der Waals surface area contributed by atoms with Gasteiger partial charge in [0.05, 0.1) is 6.54 Å². The standard InChI is InChI=1S/C9H11FN2O2/c1-12(9(13)14)5-6-4-7(11)2-3-8(6)10/h2-4H,5,11H2,1H3,(H,13,14). The fourth-order valence-corrected chi connectivity index (χ4v) is 1.04. The van der Waals surface area contributed by atoms with E-state index >= 15 is 0 Å². The van der Waals surface area contributed by atoms with E-state index in [0.29, 0.717) is 5.69 Å². The lowest BCUT2D eigenvalue weighted by atomic mass is 10.2. The first-order valence-corrected chi connectivity index (χ1v) is 3.98. The van der Waals surface area contributed by atoms with Gasteiger partial charge in [-0.05, 0) is 18.2 Å². The Bertz CT molecular complexity index is 355. The number of hydrogen-bond donors (Lipinski definition) is 2. The molecule has 0 saturated heterocycles. The summed E-state index contributed by atoms with van der Waals surface area (Å²) in [5, 5.41) is 8.58. The number of halogens is 1. The van der Waals surface area contributed by atoms with Crippen molar-refractivity contribution in [3.05, 3.63) is 29.6 Å². The Morgan fingerprint density at radius 1 is 1.64 bits per heavy atom. The monoisotopic (exact) mass is 198 g/mol. The minimum absolute atomic E-state index is 0.00773. The summed E-state index contributed by atoms with van der Waals surface area (Å²) in [6, 6.07) is 4.08. The zero-order chi connectivity index (χ0) is 10.7. The molecule has 0 aromatic heterocycles. The molecule has 1 aromatic rings. The highest BCUT2D eigenvalue weighted by Crippen LogP contribution is 2.13. The lowest BCUT2D eigenvalue weighted by Crippen LogP contribution is -2.24. The number of carboxylic acid groups (broad SMARTS) is 1. The highest BCUT2D eigenvalue weighted by Gasteiger charge is 2.09. The molecule has 14 heavy (non-hydrogen) atoms. The van der Waals surface area contributed by atoms with Gasteiger partial charge in [0.15, 0.2) is 0 Å². The molecule has 0 aliphatic carbocycles. The van der Waals surface area contributed by atoms with Gasteiger partial charge >= 0.3 is 6.09 Å². The Hall–Kier alpha value is -1.78. The molecule has 76 valence electrons. The molecule has 1 rings (SSSR count). The molecule has 0 bridgehead atoms. The quantitative estimate of drug-likeness (QED) is 0.708. The van der Waals surface area contributed by atoms with Gasteiger partial charge in [0.1, 0.15) is 5.82 Å². The van der Waals surface area contributed by atoms with Gasteiger partial charge in [-0.1, -0.05) is 0 Å². The second-order valence-electron chi connectivity index (χ2n) is 2.99. The van der Waals surface area contributed by atoms with E-state index in [0.717, 1.165) is 4.90 Å². The van der Waals surface area contributed by atoms with Crippen LogP contribution in [0.25, 0.3) is 0 Å². The van der Waals surface area contributed by atoms with E-state index in [1.54, 1.807) is 0 Å². The minimum Gasteiger partial charge on any atom is -0.465 e. The lowest BCUT2D eigenvalue weighted by molar-refractivity contribution is 0.153. The van der Waals surface area contributed by atoms with Crippen LogP contribution in [-0.2, 0) is 6.54 Å². The van der Waals surface area contributed by atoms with Crippen molar-refractivity contribution >= 4 is 11.8 Å². The lowest BCUT2D eigenvalue weighted by Gasteiger charge is -2.13. The second-order valence-corrected chi connectivity index (χ2v) is 2.99. The number of benzene rings is 1. The van der Waals surface area contributed by atoms with Crippen molar-refractivity contribution in [3.8, 4) is 0 Å². The molecule has 0 unspecified atom stereocenters. The largest absolute Gasteiger partial charge is 0.465 e. The van der Waals surface area contributed by atoms with Crippen LogP contribution in [0.4, 0.5) is 14.9 Å². The van der Waals surface area contributed by atoms with Crippen LogP contribution in [0.1, 0.15) is 5.56 Å². The van der Waals surface area contributed by atoms with Crippen LogP contribution < -0.4 is 5.73 Å². The topological polar surface area (TPSA) is 66.6 Å². The highest BCUT2D eigenvalue weighted by molar-refractivity contribution is 5.64. The summed E-state index contributed by atoms with van der Waals surface area (Å²) in [6.45, 7) is -0.00773. The van der Waals surface area contributed by atoms with Crippen LogP contribution in [0.3, 0.4) is 0 Å². The van der Waals surface area contributed by atoms with E-state index in [-0.39, 0.29) is 12.1 Å². The van der Waals surface area contributed by atoms with E-state index in [1.807, 2.05) is 0 Å². The van der Waals surface area contributed by atoms with Gasteiger partial charge < -0.3 is 15.7 Å². The summed E-state index contributed by atoms with van der Waals surface area (Å²) in [5.74, 6) is -0.452. The number of carbonyl (C=O) groups is 1. The summed E-state index contributed by atoms with van der Waals surface area (Å²) in [5.41, 5.74) is 6.14. The van der Waals surface area contributed by atoms with Crippen LogP contribution in [0.2, 0.25) is 0 Å². The first-order chi connectivity index (χ1) is 6.50. The average molecular weight is 198 g/mol. The first-order valence-electron chi connectivity index (χ1n) is 3.98. The molecule has 0 fully saturated rings. The predicted octanol–water partition coefficient (Wildman–Crippen LogP) is 1.52. The first kappa shape index (κ1) is 10.3. The maximum atomic E-state index is 13.1. The Morgan fingerprint density at radius 3 is 2.86 bits per heavy atom. The Labute approximate surface area is 80.7 Å². The maximum absolute atomic E-state index is 13.1. The Morgan fingerprint density at radius 2 is 2.29 bits per heavy atom. The molecule has 0 saturated carbocycles. The van der Waals surface area contributed by atoms with E-state index in [4.69, 9.17) is 10.8 Å². The molecule has 0 aliphatic heterocycles. The molecular formula is C9H11FN2O2. The molecule has 1 aromatic carbocycles. The molecular weight excluding hydrogens is 187 g/mol. The summed E-state index contributed by atoms with van der Waals surface area (Å²) in [4.78, 5) is 11.5. The van der Waals surface area contributed by atoms with Gasteiger partial charge in [0, 0.05) is 18.3 Å². The van der Waals surface area contributed by atoms with Crippen LogP contribution in [0.5, 0.6) is 0 Å². The van der Waals surface area contributed by atoms with Gasteiger partial charge in [-0.3, -0.25) is 0 Å². The molecule has 0 spiro atoms. The smallest absolute Gasteiger partial charge is 0.407 e. The summed E-state index contributed by atoms with van der Waals surface area (Å²) in [6.07, 6.45) is -1.10. The molecule has 0 radical (unpaired) electrons. The van der Waals surface area contributed by atoms with E-state index in [9.17, 15) is 9.18 Å². The average Bonchev–Trinajstić information content (AvgIpc) is 2.11. The molecule has 4 nitrogen and oxygen atoms in total. The zero-order valence-electron chi connectivity index (χ0n) is 7.70. The van der Waals surface area contributed by atoms with Crippen LogP contribution >= 0.6 is 0 Å². The molecule has 0 atom stereocenters. The second kappa shape index (κ2) is 3.95. The summed E-state index contributed by atoms with van der Waals surface area (Å²) in [7, 11) is 1.37. The third-order valence-corrected chi connectivity index (χ3v) is 1.80. The number of anilines is 1. The highest BCUT2D eigenvalue weighted by atomic mass is 19.1. The van der Waals surface area contributed by atoms with Gasteiger partial charge in [-0.15, -0.1) is 0 Å². The number of hydrogen-bond acceptors (Lipinski definition) is 2. The molecule has 0 heterocycles. The van der Waals surface area contributed by atoms with Crippen LogP contribution in [-0.4, -0.2) is 23.1 Å². The molecule has 0 aliphatic rings. The van der Waals surface area contributed by atoms with E-state index in [1.165, 1.54) is 25.2 Å². The van der Waals surface area contributed by atoms with Gasteiger partial charge in [0.25, 0.3) is 0 Å². The van der Waals surface area contributed by atoms with Gasteiger partial charge in [0.2, 0.25) is 0 Å². The number of nitrogen functional groups attached to an aromatic ring is 1. The maximum Gasteiger partial charge on any atom is 0.407 e. The van der Waals surface area contributed by atoms with Crippen molar-refractivity contribution in [2.24, 2.45) is 0 Å². The van der Waals surface area contributed by atoms with Gasteiger partial charge in [-0.25, -0.2) is 9.18 Å². The third-order valence-electron chi connectivity index (χ3n) is 1.80. The number of nitrogens with zero attached hydrogens (tertiary/aromatic N) is 1.